The van der Waals surface area contributed by atoms with E-state index in [1.807, 2.05) is 13.0 Å². The summed E-state index contributed by atoms with van der Waals surface area (Å²) >= 11 is 2.20. The molecule has 0 aliphatic carbocycles. The molecule has 0 saturated heterocycles. The van der Waals surface area contributed by atoms with Gasteiger partial charge in [0.15, 0.2) is 0 Å². The van der Waals surface area contributed by atoms with Gasteiger partial charge < -0.3 is 5.32 Å². The number of halogens is 1. The average molecular weight is 464 g/mol. The molecule has 7 heteroatoms. The fourth-order valence-electron chi connectivity index (χ4n) is 3.02. The zero-order valence-electron chi connectivity index (χ0n) is 13.1. The summed E-state index contributed by atoms with van der Waals surface area (Å²) in [6, 6.07) is 13.7. The molecule has 0 aromatic heterocycles. The van der Waals surface area contributed by atoms with Crippen molar-refractivity contribution in [2.75, 3.05) is 10.0 Å². The molecule has 2 N–H and O–H groups in total. The smallest absolute Gasteiger partial charge is 0.262 e. The number of benzene rings is 3. The Labute approximate surface area is 158 Å². The standard InChI is InChI=1S/C18H13IN2O3S/c1-10-9-11(5-6-14(10)19)21-25(23,24)16-8-7-15-17-12(16)3-2-4-13(17)18(22)20-15/h2-9,21H,1H3,(H,20,22). The lowest BCUT2D eigenvalue weighted by atomic mass is 10.1. The number of carbonyl (C=O) groups excluding carboxylic acids is 1. The number of amides is 1. The van der Waals surface area contributed by atoms with Crippen molar-refractivity contribution in [1.82, 2.24) is 0 Å². The molecule has 126 valence electrons. The van der Waals surface area contributed by atoms with Gasteiger partial charge in [0.05, 0.1) is 4.90 Å². The van der Waals surface area contributed by atoms with Crippen LogP contribution in [0.15, 0.2) is 53.4 Å². The third-order valence-corrected chi connectivity index (χ3v) is 6.84. The maximum Gasteiger partial charge on any atom is 0.262 e. The fraction of sp³-hybridized carbons (Fsp3) is 0.0556. The minimum Gasteiger partial charge on any atom is -0.321 e. The van der Waals surface area contributed by atoms with E-state index in [1.165, 1.54) is 6.07 Å². The molecule has 0 unspecified atom stereocenters. The zero-order chi connectivity index (χ0) is 17.8. The number of rotatable bonds is 3. The summed E-state index contributed by atoms with van der Waals surface area (Å²) in [5.41, 5.74) is 2.64. The molecule has 0 fully saturated rings. The van der Waals surface area contributed by atoms with Crippen LogP contribution in [0.2, 0.25) is 0 Å². The van der Waals surface area contributed by atoms with Crippen molar-refractivity contribution in [1.29, 1.82) is 0 Å². The van der Waals surface area contributed by atoms with E-state index in [-0.39, 0.29) is 10.8 Å². The van der Waals surface area contributed by atoms with Crippen LogP contribution in [0.25, 0.3) is 10.8 Å². The van der Waals surface area contributed by atoms with E-state index < -0.39 is 10.0 Å². The Morgan fingerprint density at radius 3 is 2.64 bits per heavy atom. The summed E-state index contributed by atoms with van der Waals surface area (Å²) in [4.78, 5) is 12.1. The second kappa shape index (κ2) is 5.70. The summed E-state index contributed by atoms with van der Waals surface area (Å²) in [6.45, 7) is 1.93. The molecule has 1 heterocycles. The lowest BCUT2D eigenvalue weighted by Crippen LogP contribution is -2.13. The van der Waals surface area contributed by atoms with E-state index in [2.05, 4.69) is 32.6 Å². The van der Waals surface area contributed by atoms with Crippen LogP contribution in [-0.4, -0.2) is 14.3 Å². The van der Waals surface area contributed by atoms with Gasteiger partial charge in [-0.3, -0.25) is 9.52 Å². The van der Waals surface area contributed by atoms with Gasteiger partial charge in [-0.2, -0.15) is 0 Å². The largest absolute Gasteiger partial charge is 0.321 e. The topological polar surface area (TPSA) is 75.3 Å². The Morgan fingerprint density at radius 1 is 1.08 bits per heavy atom. The van der Waals surface area contributed by atoms with Crippen LogP contribution < -0.4 is 10.0 Å². The molecule has 0 spiro atoms. The van der Waals surface area contributed by atoms with Crippen LogP contribution in [-0.2, 0) is 10.0 Å². The Hall–Kier alpha value is -2.13. The molecule has 0 radical (unpaired) electrons. The van der Waals surface area contributed by atoms with Crippen molar-refractivity contribution in [2.24, 2.45) is 0 Å². The number of hydrogen-bond donors (Lipinski definition) is 2. The maximum absolute atomic E-state index is 12.9. The molecule has 1 amide bonds. The molecule has 0 bridgehead atoms. The fourth-order valence-corrected chi connectivity index (χ4v) is 4.61. The predicted octanol–water partition coefficient (Wildman–Crippen LogP) is 4.12. The summed E-state index contributed by atoms with van der Waals surface area (Å²) in [5, 5.41) is 3.94. The van der Waals surface area contributed by atoms with E-state index in [1.54, 1.807) is 36.4 Å². The second-order valence-electron chi connectivity index (χ2n) is 5.86. The predicted molar refractivity (Wildman–Crippen MR) is 107 cm³/mol. The monoisotopic (exact) mass is 464 g/mol. The molecular formula is C18H13IN2O3S. The number of sulfonamides is 1. The average Bonchev–Trinajstić information content (AvgIpc) is 2.89. The number of anilines is 2. The first kappa shape index (κ1) is 16.3. The summed E-state index contributed by atoms with van der Waals surface area (Å²) < 4.78 is 29.5. The highest BCUT2D eigenvalue weighted by Gasteiger charge is 2.26. The van der Waals surface area contributed by atoms with E-state index in [4.69, 9.17) is 0 Å². The van der Waals surface area contributed by atoms with Gasteiger partial charge in [-0.05, 0) is 71.5 Å². The van der Waals surface area contributed by atoms with E-state index >= 15 is 0 Å². The van der Waals surface area contributed by atoms with Crippen molar-refractivity contribution in [3.63, 3.8) is 0 Å². The van der Waals surface area contributed by atoms with Crippen molar-refractivity contribution >= 4 is 60.7 Å². The highest BCUT2D eigenvalue weighted by atomic mass is 127. The Balaban J connectivity index is 1.85. The van der Waals surface area contributed by atoms with Gasteiger partial charge in [0.25, 0.3) is 15.9 Å². The van der Waals surface area contributed by atoms with Gasteiger partial charge >= 0.3 is 0 Å². The van der Waals surface area contributed by atoms with Crippen LogP contribution >= 0.6 is 22.6 Å². The normalized spacial score (nSPS) is 13.1. The Bertz CT molecular complexity index is 1160. The Morgan fingerprint density at radius 2 is 1.88 bits per heavy atom. The number of aryl methyl sites for hydroxylation is 1. The minimum absolute atomic E-state index is 0.154. The third-order valence-electron chi connectivity index (χ3n) is 4.19. The molecule has 1 aliphatic heterocycles. The lowest BCUT2D eigenvalue weighted by molar-refractivity contribution is 0.103. The van der Waals surface area contributed by atoms with Crippen molar-refractivity contribution in [3.8, 4) is 0 Å². The second-order valence-corrected chi connectivity index (χ2v) is 8.68. The highest BCUT2D eigenvalue weighted by molar-refractivity contribution is 14.1. The molecule has 1 aliphatic rings. The summed E-state index contributed by atoms with van der Waals surface area (Å²) in [6.07, 6.45) is 0. The molecular weight excluding hydrogens is 451 g/mol. The molecule has 25 heavy (non-hydrogen) atoms. The van der Waals surface area contributed by atoms with Gasteiger partial charge in [-0.15, -0.1) is 0 Å². The van der Waals surface area contributed by atoms with E-state index in [9.17, 15) is 13.2 Å². The van der Waals surface area contributed by atoms with Gasteiger partial charge in [-0.1, -0.05) is 12.1 Å². The third kappa shape index (κ3) is 2.67. The molecule has 0 saturated carbocycles. The van der Waals surface area contributed by atoms with Gasteiger partial charge in [-0.25, -0.2) is 8.42 Å². The molecule has 4 rings (SSSR count). The van der Waals surface area contributed by atoms with Gasteiger partial charge in [0.1, 0.15) is 0 Å². The lowest BCUT2D eigenvalue weighted by Gasteiger charge is -2.12. The molecule has 5 nitrogen and oxygen atoms in total. The molecule has 3 aromatic carbocycles. The van der Waals surface area contributed by atoms with Gasteiger partial charge in [0.2, 0.25) is 0 Å². The van der Waals surface area contributed by atoms with E-state index in [0.717, 1.165) is 9.13 Å². The maximum atomic E-state index is 12.9. The summed E-state index contributed by atoms with van der Waals surface area (Å²) in [7, 11) is -3.78. The number of nitrogens with one attached hydrogen (secondary N) is 2. The number of carbonyl (C=O) groups is 1. The first-order valence-electron chi connectivity index (χ1n) is 7.53. The van der Waals surface area contributed by atoms with Crippen LogP contribution in [0.4, 0.5) is 11.4 Å². The zero-order valence-corrected chi connectivity index (χ0v) is 16.1. The van der Waals surface area contributed by atoms with Crippen LogP contribution in [0.5, 0.6) is 0 Å². The van der Waals surface area contributed by atoms with E-state index in [0.29, 0.717) is 27.7 Å². The number of hydrogen-bond acceptors (Lipinski definition) is 3. The SMILES string of the molecule is Cc1cc(NS(=O)(=O)c2ccc3c4c(cccc24)C(=O)N3)ccc1I. The van der Waals surface area contributed by atoms with Gasteiger partial charge in [0, 0.05) is 31.3 Å². The van der Waals surface area contributed by atoms with Crippen LogP contribution in [0.3, 0.4) is 0 Å². The summed E-state index contributed by atoms with van der Waals surface area (Å²) in [5.74, 6) is -0.212. The van der Waals surface area contributed by atoms with Crippen molar-refractivity contribution < 1.29 is 13.2 Å². The Kier molecular flexibility index (Phi) is 3.73. The molecule has 3 aromatic rings. The first-order chi connectivity index (χ1) is 11.9. The van der Waals surface area contributed by atoms with Crippen molar-refractivity contribution in [3.05, 3.63) is 63.2 Å². The van der Waals surface area contributed by atoms with Crippen LogP contribution in [0.1, 0.15) is 15.9 Å². The molecule has 0 atom stereocenters. The van der Waals surface area contributed by atoms with Crippen LogP contribution in [0, 0.1) is 10.5 Å². The highest BCUT2D eigenvalue weighted by Crippen LogP contribution is 2.37. The quantitative estimate of drug-likeness (QED) is 0.573. The first-order valence-corrected chi connectivity index (χ1v) is 10.1. The van der Waals surface area contributed by atoms with Crippen molar-refractivity contribution in [2.45, 2.75) is 11.8 Å². The minimum atomic E-state index is -3.78.